The van der Waals surface area contributed by atoms with Gasteiger partial charge in [0.25, 0.3) is 0 Å². The zero-order valence-corrected chi connectivity index (χ0v) is 15.7. The van der Waals surface area contributed by atoms with Crippen LogP contribution in [-0.2, 0) is 0 Å². The van der Waals surface area contributed by atoms with E-state index in [2.05, 4.69) is 15.6 Å². The average molecular weight is 400 g/mol. The van der Waals surface area contributed by atoms with E-state index in [1.54, 1.807) is 41.2 Å². The van der Waals surface area contributed by atoms with E-state index in [0.717, 1.165) is 11.3 Å². The second kappa shape index (κ2) is 8.40. The predicted octanol–water partition coefficient (Wildman–Crippen LogP) is 4.82. The molecule has 1 aromatic heterocycles. The largest absolute Gasteiger partial charge is 0.478 e. The number of aromatic carboxylic acids is 1. The number of anilines is 1. The van der Waals surface area contributed by atoms with Crippen molar-refractivity contribution in [2.24, 2.45) is 5.10 Å². The second-order valence-electron chi connectivity index (χ2n) is 6.44. The molecule has 0 aliphatic heterocycles. The number of hydrazone groups is 1. The first kappa shape index (κ1) is 19.1. The number of carbonyl (C=O) groups is 1. The Kier molecular flexibility index (Phi) is 5.34. The van der Waals surface area contributed by atoms with Crippen LogP contribution in [0.4, 0.5) is 10.1 Å². The van der Waals surface area contributed by atoms with Crippen LogP contribution in [0.5, 0.6) is 0 Å². The van der Waals surface area contributed by atoms with Gasteiger partial charge in [-0.1, -0.05) is 30.3 Å². The van der Waals surface area contributed by atoms with Crippen molar-refractivity contribution in [3.05, 3.63) is 102 Å². The van der Waals surface area contributed by atoms with Crippen LogP contribution in [0.2, 0.25) is 0 Å². The van der Waals surface area contributed by atoms with Crippen LogP contribution in [0.1, 0.15) is 15.9 Å². The third kappa shape index (κ3) is 4.10. The van der Waals surface area contributed by atoms with Gasteiger partial charge in [0.1, 0.15) is 11.5 Å². The van der Waals surface area contributed by atoms with Crippen LogP contribution in [0.25, 0.3) is 16.9 Å². The highest BCUT2D eigenvalue weighted by Gasteiger charge is 2.12. The van der Waals surface area contributed by atoms with Gasteiger partial charge in [-0.25, -0.2) is 13.9 Å². The molecule has 0 aliphatic carbocycles. The number of rotatable bonds is 6. The molecule has 0 saturated heterocycles. The molecule has 0 amide bonds. The van der Waals surface area contributed by atoms with Crippen molar-refractivity contribution in [3.8, 4) is 16.9 Å². The molecule has 0 radical (unpaired) electrons. The second-order valence-corrected chi connectivity index (χ2v) is 6.44. The fraction of sp³-hybridized carbons (Fsp3) is 0. The smallest absolute Gasteiger partial charge is 0.337 e. The minimum atomic E-state index is -1.04. The molecule has 0 saturated carbocycles. The minimum Gasteiger partial charge on any atom is -0.478 e. The molecule has 0 atom stereocenters. The number of hydrogen-bond donors (Lipinski definition) is 2. The number of carboxylic acid groups (broad SMARTS) is 1. The molecular weight excluding hydrogens is 383 g/mol. The van der Waals surface area contributed by atoms with Gasteiger partial charge in [-0.05, 0) is 48.5 Å². The molecule has 1 heterocycles. The zero-order chi connectivity index (χ0) is 20.9. The van der Waals surface area contributed by atoms with Crippen molar-refractivity contribution >= 4 is 17.9 Å². The van der Waals surface area contributed by atoms with Crippen molar-refractivity contribution in [1.82, 2.24) is 9.78 Å². The lowest BCUT2D eigenvalue weighted by Gasteiger charge is -2.04. The molecule has 6 nitrogen and oxygen atoms in total. The van der Waals surface area contributed by atoms with Crippen LogP contribution in [0, 0.1) is 5.82 Å². The standard InChI is InChI=1S/C23H17FN4O2/c24-18-12-10-16(11-13-18)22-17(15-28(27-22)19-6-2-1-3-7-19)14-25-26-21-9-5-4-8-20(21)23(29)30/h1-15,26H,(H,29,30)/b25-14+. The van der Waals surface area contributed by atoms with Gasteiger partial charge in [0.05, 0.1) is 23.2 Å². The molecular formula is C23H17FN4O2. The highest BCUT2D eigenvalue weighted by Crippen LogP contribution is 2.23. The summed E-state index contributed by atoms with van der Waals surface area (Å²) in [5.74, 6) is -1.37. The van der Waals surface area contributed by atoms with Crippen LogP contribution < -0.4 is 5.43 Å². The Morgan fingerprint density at radius 3 is 2.43 bits per heavy atom. The number of nitrogens with one attached hydrogen (secondary N) is 1. The van der Waals surface area contributed by atoms with E-state index in [4.69, 9.17) is 0 Å². The predicted molar refractivity (Wildman–Crippen MR) is 114 cm³/mol. The van der Waals surface area contributed by atoms with Gasteiger partial charge < -0.3 is 5.11 Å². The Bertz CT molecular complexity index is 1200. The van der Waals surface area contributed by atoms with Gasteiger partial charge in [-0.15, -0.1) is 0 Å². The number of para-hydroxylation sites is 2. The number of benzene rings is 3. The van der Waals surface area contributed by atoms with Crippen LogP contribution in [0.15, 0.2) is 90.2 Å². The summed E-state index contributed by atoms with van der Waals surface area (Å²) in [4.78, 5) is 11.3. The van der Waals surface area contributed by atoms with Crippen molar-refractivity contribution < 1.29 is 14.3 Å². The van der Waals surface area contributed by atoms with Gasteiger partial charge in [-0.2, -0.15) is 10.2 Å². The number of halogens is 1. The maximum Gasteiger partial charge on any atom is 0.337 e. The summed E-state index contributed by atoms with van der Waals surface area (Å²) >= 11 is 0. The third-order valence-electron chi connectivity index (χ3n) is 4.43. The fourth-order valence-corrected chi connectivity index (χ4v) is 2.97. The number of aromatic nitrogens is 2. The fourth-order valence-electron chi connectivity index (χ4n) is 2.97. The summed E-state index contributed by atoms with van der Waals surface area (Å²) in [5, 5.41) is 18.1. The van der Waals surface area contributed by atoms with E-state index < -0.39 is 5.97 Å². The van der Waals surface area contributed by atoms with Crippen LogP contribution >= 0.6 is 0 Å². The summed E-state index contributed by atoms with van der Waals surface area (Å²) in [5.41, 5.74) is 6.17. The van der Waals surface area contributed by atoms with E-state index in [-0.39, 0.29) is 11.4 Å². The monoisotopic (exact) mass is 400 g/mol. The molecule has 7 heteroatoms. The van der Waals surface area contributed by atoms with E-state index in [1.165, 1.54) is 18.2 Å². The Hall–Kier alpha value is -4.26. The molecule has 3 aromatic carbocycles. The molecule has 2 N–H and O–H groups in total. The van der Waals surface area contributed by atoms with Crippen molar-refractivity contribution in [2.75, 3.05) is 5.43 Å². The summed E-state index contributed by atoms with van der Waals surface area (Å²) in [6, 6.07) is 22.1. The van der Waals surface area contributed by atoms with Gasteiger partial charge >= 0.3 is 5.97 Å². The minimum absolute atomic E-state index is 0.119. The lowest BCUT2D eigenvalue weighted by atomic mass is 10.1. The van der Waals surface area contributed by atoms with E-state index in [0.29, 0.717) is 16.9 Å². The number of carboxylic acids is 1. The molecule has 4 aromatic rings. The zero-order valence-electron chi connectivity index (χ0n) is 15.7. The number of hydrogen-bond acceptors (Lipinski definition) is 4. The van der Waals surface area contributed by atoms with Crippen LogP contribution in [-0.4, -0.2) is 27.1 Å². The molecule has 148 valence electrons. The molecule has 0 bridgehead atoms. The van der Waals surface area contributed by atoms with Gasteiger partial charge in [0, 0.05) is 17.3 Å². The van der Waals surface area contributed by atoms with Gasteiger partial charge in [-0.3, -0.25) is 5.43 Å². The molecule has 0 aliphatic rings. The Labute approximate surface area is 171 Å². The molecule has 0 fully saturated rings. The van der Waals surface area contributed by atoms with E-state index in [1.807, 2.05) is 36.5 Å². The van der Waals surface area contributed by atoms with Crippen molar-refractivity contribution in [3.63, 3.8) is 0 Å². The lowest BCUT2D eigenvalue weighted by Crippen LogP contribution is -2.02. The maximum atomic E-state index is 13.4. The topological polar surface area (TPSA) is 79.5 Å². The first-order valence-corrected chi connectivity index (χ1v) is 9.14. The summed E-state index contributed by atoms with van der Waals surface area (Å²) < 4.78 is 15.1. The average Bonchev–Trinajstić information content (AvgIpc) is 3.19. The van der Waals surface area contributed by atoms with E-state index >= 15 is 0 Å². The Morgan fingerprint density at radius 1 is 1.00 bits per heavy atom. The Balaban J connectivity index is 1.69. The molecule has 0 spiro atoms. The normalized spacial score (nSPS) is 11.0. The summed E-state index contributed by atoms with van der Waals surface area (Å²) in [6.45, 7) is 0. The summed E-state index contributed by atoms with van der Waals surface area (Å²) in [6.07, 6.45) is 3.37. The van der Waals surface area contributed by atoms with Gasteiger partial charge in [0.15, 0.2) is 0 Å². The van der Waals surface area contributed by atoms with Gasteiger partial charge in [0.2, 0.25) is 0 Å². The molecule has 4 rings (SSSR count). The maximum absolute atomic E-state index is 13.4. The van der Waals surface area contributed by atoms with Crippen molar-refractivity contribution in [2.45, 2.75) is 0 Å². The lowest BCUT2D eigenvalue weighted by molar-refractivity contribution is 0.0698. The molecule has 30 heavy (non-hydrogen) atoms. The highest BCUT2D eigenvalue weighted by atomic mass is 19.1. The summed E-state index contributed by atoms with van der Waals surface area (Å²) in [7, 11) is 0. The van der Waals surface area contributed by atoms with Crippen molar-refractivity contribution in [1.29, 1.82) is 0 Å². The SMILES string of the molecule is O=C(O)c1ccccc1N/N=C/c1cn(-c2ccccc2)nc1-c1ccc(F)cc1. The quantitative estimate of drug-likeness (QED) is 0.359. The number of nitrogens with zero attached hydrogens (tertiary/aromatic N) is 3. The highest BCUT2D eigenvalue weighted by molar-refractivity contribution is 5.94. The van der Waals surface area contributed by atoms with Crippen LogP contribution in [0.3, 0.4) is 0 Å². The first-order valence-electron chi connectivity index (χ1n) is 9.14. The molecule has 0 unspecified atom stereocenters. The van der Waals surface area contributed by atoms with E-state index in [9.17, 15) is 14.3 Å². The Morgan fingerprint density at radius 2 is 1.70 bits per heavy atom. The first-order chi connectivity index (χ1) is 14.6. The third-order valence-corrected chi connectivity index (χ3v) is 4.43.